The Morgan fingerprint density at radius 2 is 1.65 bits per heavy atom. The molecule has 1 spiro atoms. The smallest absolute Gasteiger partial charge is 0.117 e. The number of morpholine rings is 1. The second-order valence-electron chi connectivity index (χ2n) is 7.22. The number of aromatic nitrogens is 2. The molecule has 1 atom stereocenters. The lowest BCUT2D eigenvalue weighted by Crippen LogP contribution is -2.58. The Labute approximate surface area is 154 Å². The highest BCUT2D eigenvalue weighted by Crippen LogP contribution is 2.24. The van der Waals surface area contributed by atoms with Gasteiger partial charge in [-0.05, 0) is 29.3 Å². The van der Waals surface area contributed by atoms with Crippen LogP contribution in [-0.4, -0.2) is 71.4 Å². The Morgan fingerprint density at radius 3 is 2.42 bits per heavy atom. The summed E-state index contributed by atoms with van der Waals surface area (Å²) < 4.78 is 12.2. The van der Waals surface area contributed by atoms with E-state index in [1.54, 1.807) is 0 Å². The minimum Gasteiger partial charge on any atom is -0.377 e. The molecule has 6 heteroatoms. The molecule has 1 unspecified atom stereocenters. The predicted octanol–water partition coefficient (Wildman–Crippen LogP) is 1.58. The van der Waals surface area contributed by atoms with Gasteiger partial charge >= 0.3 is 0 Å². The van der Waals surface area contributed by atoms with Gasteiger partial charge in [0.2, 0.25) is 0 Å². The summed E-state index contributed by atoms with van der Waals surface area (Å²) in [5.74, 6) is 0. The van der Waals surface area contributed by atoms with Crippen molar-refractivity contribution in [1.82, 2.24) is 19.8 Å². The van der Waals surface area contributed by atoms with Crippen LogP contribution in [0.2, 0.25) is 0 Å². The SMILES string of the molecule is c1cncc(CN2CCOC3(COCCN(Cc4ccncc4)C3)C2)c1. The maximum Gasteiger partial charge on any atom is 0.117 e. The third kappa shape index (κ3) is 4.45. The fourth-order valence-electron chi connectivity index (χ4n) is 3.86. The molecule has 138 valence electrons. The quantitative estimate of drug-likeness (QED) is 0.831. The Balaban J connectivity index is 1.43. The number of rotatable bonds is 4. The molecule has 0 aromatic carbocycles. The standard InChI is InChI=1S/C20H26N4O2/c1-2-19(12-22-5-1)14-24-9-11-26-20(16-24)15-23(8-10-25-17-20)13-18-3-6-21-7-4-18/h1-7,12H,8-11,13-17H2. The molecule has 26 heavy (non-hydrogen) atoms. The van der Waals surface area contributed by atoms with Gasteiger partial charge in [0.05, 0.1) is 19.8 Å². The van der Waals surface area contributed by atoms with Crippen LogP contribution in [-0.2, 0) is 22.6 Å². The number of ether oxygens (including phenoxy) is 2. The number of hydrogen-bond donors (Lipinski definition) is 0. The lowest BCUT2D eigenvalue weighted by molar-refractivity contribution is -0.143. The summed E-state index contributed by atoms with van der Waals surface area (Å²) in [6, 6.07) is 8.29. The van der Waals surface area contributed by atoms with Crippen LogP contribution in [0, 0.1) is 0 Å². The number of hydrogen-bond acceptors (Lipinski definition) is 6. The summed E-state index contributed by atoms with van der Waals surface area (Å²) >= 11 is 0. The normalized spacial score (nSPS) is 25.2. The van der Waals surface area contributed by atoms with Crippen LogP contribution in [0.5, 0.6) is 0 Å². The molecule has 0 bridgehead atoms. The molecule has 2 aromatic heterocycles. The molecule has 2 aliphatic heterocycles. The molecule has 0 amide bonds. The van der Waals surface area contributed by atoms with Crippen LogP contribution >= 0.6 is 0 Å². The van der Waals surface area contributed by atoms with Gasteiger partial charge in [-0.25, -0.2) is 0 Å². The molecule has 2 aromatic rings. The van der Waals surface area contributed by atoms with E-state index >= 15 is 0 Å². The molecular weight excluding hydrogens is 328 g/mol. The van der Waals surface area contributed by atoms with Gasteiger partial charge in [0.1, 0.15) is 5.60 Å². The summed E-state index contributed by atoms with van der Waals surface area (Å²) in [4.78, 5) is 13.2. The summed E-state index contributed by atoms with van der Waals surface area (Å²) in [7, 11) is 0. The fourth-order valence-corrected chi connectivity index (χ4v) is 3.86. The van der Waals surface area contributed by atoms with Crippen molar-refractivity contribution in [2.45, 2.75) is 18.7 Å². The molecule has 2 saturated heterocycles. The molecule has 4 rings (SSSR count). The molecule has 0 saturated carbocycles. The van der Waals surface area contributed by atoms with Gasteiger partial charge in [-0.1, -0.05) is 6.07 Å². The Kier molecular flexibility index (Phi) is 5.55. The summed E-state index contributed by atoms with van der Waals surface area (Å²) in [6.45, 7) is 7.60. The van der Waals surface area contributed by atoms with E-state index in [9.17, 15) is 0 Å². The van der Waals surface area contributed by atoms with Gasteiger partial charge in [-0.2, -0.15) is 0 Å². The topological polar surface area (TPSA) is 50.7 Å². The first-order valence-electron chi connectivity index (χ1n) is 9.26. The first-order chi connectivity index (χ1) is 12.8. The number of nitrogens with zero attached hydrogens (tertiary/aromatic N) is 4. The minimum atomic E-state index is -0.260. The Hall–Kier alpha value is -1.86. The van der Waals surface area contributed by atoms with Crippen molar-refractivity contribution >= 4 is 0 Å². The van der Waals surface area contributed by atoms with E-state index in [1.807, 2.05) is 30.9 Å². The van der Waals surface area contributed by atoms with Crippen molar-refractivity contribution in [3.63, 3.8) is 0 Å². The van der Waals surface area contributed by atoms with Crippen LogP contribution in [0.15, 0.2) is 49.1 Å². The van der Waals surface area contributed by atoms with Crippen LogP contribution in [0.4, 0.5) is 0 Å². The molecule has 2 fully saturated rings. The van der Waals surface area contributed by atoms with E-state index in [1.165, 1.54) is 11.1 Å². The van der Waals surface area contributed by atoms with E-state index in [0.717, 1.165) is 52.5 Å². The zero-order chi connectivity index (χ0) is 17.7. The average Bonchev–Trinajstić information content (AvgIpc) is 2.85. The van der Waals surface area contributed by atoms with E-state index < -0.39 is 0 Å². The van der Waals surface area contributed by atoms with E-state index in [-0.39, 0.29) is 5.60 Å². The van der Waals surface area contributed by atoms with Crippen molar-refractivity contribution in [2.75, 3.05) is 46.0 Å². The Bertz CT molecular complexity index is 685. The van der Waals surface area contributed by atoms with Crippen LogP contribution in [0.1, 0.15) is 11.1 Å². The van der Waals surface area contributed by atoms with E-state index in [4.69, 9.17) is 9.47 Å². The molecule has 2 aliphatic rings. The fraction of sp³-hybridized carbons (Fsp3) is 0.500. The molecule has 0 N–H and O–H groups in total. The average molecular weight is 354 g/mol. The largest absolute Gasteiger partial charge is 0.377 e. The molecule has 6 nitrogen and oxygen atoms in total. The second-order valence-corrected chi connectivity index (χ2v) is 7.22. The monoisotopic (exact) mass is 354 g/mol. The summed E-state index contributed by atoms with van der Waals surface area (Å²) in [5.41, 5.74) is 2.26. The van der Waals surface area contributed by atoms with Crippen molar-refractivity contribution < 1.29 is 9.47 Å². The molecule has 0 aliphatic carbocycles. The van der Waals surface area contributed by atoms with Gasteiger partial charge in [-0.3, -0.25) is 19.8 Å². The third-order valence-electron chi connectivity index (χ3n) is 5.04. The van der Waals surface area contributed by atoms with Crippen LogP contribution in [0.3, 0.4) is 0 Å². The first-order valence-corrected chi connectivity index (χ1v) is 9.26. The highest BCUT2D eigenvalue weighted by molar-refractivity contribution is 5.11. The van der Waals surface area contributed by atoms with Crippen molar-refractivity contribution in [3.05, 3.63) is 60.2 Å². The minimum absolute atomic E-state index is 0.260. The molecule has 0 radical (unpaired) electrons. The van der Waals surface area contributed by atoms with Gasteiger partial charge in [-0.15, -0.1) is 0 Å². The van der Waals surface area contributed by atoms with Crippen molar-refractivity contribution in [3.8, 4) is 0 Å². The molecule has 4 heterocycles. The predicted molar refractivity (Wildman–Crippen MR) is 98.5 cm³/mol. The van der Waals surface area contributed by atoms with Crippen LogP contribution < -0.4 is 0 Å². The van der Waals surface area contributed by atoms with Crippen molar-refractivity contribution in [2.24, 2.45) is 0 Å². The third-order valence-corrected chi connectivity index (χ3v) is 5.04. The maximum atomic E-state index is 6.29. The summed E-state index contributed by atoms with van der Waals surface area (Å²) in [5, 5.41) is 0. The Morgan fingerprint density at radius 1 is 0.885 bits per heavy atom. The zero-order valence-electron chi connectivity index (χ0n) is 15.1. The van der Waals surface area contributed by atoms with E-state index in [0.29, 0.717) is 6.61 Å². The lowest BCUT2D eigenvalue weighted by atomic mass is 10.0. The van der Waals surface area contributed by atoms with Crippen LogP contribution in [0.25, 0.3) is 0 Å². The van der Waals surface area contributed by atoms with Gasteiger partial charge in [0.25, 0.3) is 0 Å². The highest BCUT2D eigenvalue weighted by atomic mass is 16.5. The first kappa shape index (κ1) is 17.5. The van der Waals surface area contributed by atoms with Gasteiger partial charge in [0, 0.05) is 64.1 Å². The van der Waals surface area contributed by atoms with Crippen molar-refractivity contribution in [1.29, 1.82) is 0 Å². The van der Waals surface area contributed by atoms with Gasteiger partial charge in [0.15, 0.2) is 0 Å². The highest BCUT2D eigenvalue weighted by Gasteiger charge is 2.40. The molecular formula is C20H26N4O2. The maximum absolute atomic E-state index is 6.29. The lowest BCUT2D eigenvalue weighted by Gasteiger charge is -2.43. The summed E-state index contributed by atoms with van der Waals surface area (Å²) in [6.07, 6.45) is 7.47. The second kappa shape index (κ2) is 8.22. The van der Waals surface area contributed by atoms with E-state index in [2.05, 4.69) is 38.0 Å². The number of pyridine rings is 2. The zero-order valence-corrected chi connectivity index (χ0v) is 15.1. The van der Waals surface area contributed by atoms with Gasteiger partial charge < -0.3 is 9.47 Å².